The van der Waals surface area contributed by atoms with Crippen LogP contribution in [-0.2, 0) is 10.0 Å². The fourth-order valence-electron chi connectivity index (χ4n) is 2.61. The van der Waals surface area contributed by atoms with Gasteiger partial charge >= 0.3 is 0 Å². The zero-order chi connectivity index (χ0) is 19.9. The Labute approximate surface area is 162 Å². The lowest BCUT2D eigenvalue weighted by Gasteiger charge is -2.11. The summed E-state index contributed by atoms with van der Waals surface area (Å²) >= 11 is 0. The summed E-state index contributed by atoms with van der Waals surface area (Å²) in [4.78, 5) is 12.2. The Morgan fingerprint density at radius 3 is 2.15 bits per heavy atom. The van der Waals surface area contributed by atoms with Crippen LogP contribution in [0.3, 0.4) is 0 Å². The van der Waals surface area contributed by atoms with Crippen LogP contribution >= 0.6 is 0 Å². The lowest BCUT2D eigenvalue weighted by atomic mass is 10.0. The summed E-state index contributed by atoms with van der Waals surface area (Å²) in [6.07, 6.45) is 3.10. The van der Waals surface area contributed by atoms with Crippen molar-refractivity contribution in [1.82, 2.24) is 5.32 Å². The zero-order valence-corrected chi connectivity index (χ0v) is 17.0. The van der Waals surface area contributed by atoms with Crippen molar-refractivity contribution in [3.63, 3.8) is 0 Å². The number of benzene rings is 2. The Bertz CT molecular complexity index is 842. The second-order valence-electron chi connectivity index (χ2n) is 6.87. The second kappa shape index (κ2) is 9.55. The SMILES string of the molecule is CCCCCNC(=O)c1ccc(S(=O)(=O)Nc2ccc(C(C)C)cc2)cc1. The van der Waals surface area contributed by atoms with Crippen LogP contribution in [0.5, 0.6) is 0 Å². The van der Waals surface area contributed by atoms with Crippen LogP contribution in [0.2, 0.25) is 0 Å². The first-order chi connectivity index (χ1) is 12.8. The Kier molecular flexibility index (Phi) is 7.42. The van der Waals surface area contributed by atoms with E-state index in [9.17, 15) is 13.2 Å². The topological polar surface area (TPSA) is 75.3 Å². The van der Waals surface area contributed by atoms with Gasteiger partial charge in [-0.25, -0.2) is 8.42 Å². The first-order valence-corrected chi connectivity index (χ1v) is 10.8. The molecule has 6 heteroatoms. The molecule has 0 spiro atoms. The highest BCUT2D eigenvalue weighted by molar-refractivity contribution is 7.92. The quantitative estimate of drug-likeness (QED) is 0.620. The molecule has 0 fully saturated rings. The molecular weight excluding hydrogens is 360 g/mol. The third-order valence-corrected chi connectivity index (χ3v) is 5.72. The molecule has 0 saturated heterocycles. The third-order valence-electron chi connectivity index (χ3n) is 4.32. The molecule has 0 saturated carbocycles. The van der Waals surface area contributed by atoms with Gasteiger partial charge in [0.1, 0.15) is 0 Å². The molecular formula is C21H28N2O3S. The summed E-state index contributed by atoms with van der Waals surface area (Å²) in [5.74, 6) is 0.198. The third kappa shape index (κ3) is 6.10. The number of hydrogen-bond donors (Lipinski definition) is 2. The maximum atomic E-state index is 12.5. The van der Waals surface area contributed by atoms with Crippen molar-refractivity contribution in [2.24, 2.45) is 0 Å². The van der Waals surface area contributed by atoms with Gasteiger partial charge in [0.2, 0.25) is 0 Å². The molecule has 0 aromatic heterocycles. The zero-order valence-electron chi connectivity index (χ0n) is 16.2. The number of nitrogens with one attached hydrogen (secondary N) is 2. The number of amides is 1. The lowest BCUT2D eigenvalue weighted by molar-refractivity contribution is 0.0953. The number of unbranched alkanes of at least 4 members (excludes halogenated alkanes) is 2. The predicted octanol–water partition coefficient (Wildman–Crippen LogP) is 4.53. The molecule has 2 N–H and O–H groups in total. The monoisotopic (exact) mass is 388 g/mol. The minimum Gasteiger partial charge on any atom is -0.352 e. The van der Waals surface area contributed by atoms with E-state index in [-0.39, 0.29) is 10.8 Å². The highest BCUT2D eigenvalue weighted by atomic mass is 32.2. The number of rotatable bonds is 9. The normalized spacial score (nSPS) is 11.4. The van der Waals surface area contributed by atoms with Crippen molar-refractivity contribution in [2.45, 2.75) is 50.8 Å². The van der Waals surface area contributed by atoms with Crippen LogP contribution in [0, 0.1) is 0 Å². The molecule has 0 unspecified atom stereocenters. The van der Waals surface area contributed by atoms with E-state index in [2.05, 4.69) is 30.8 Å². The van der Waals surface area contributed by atoms with Crippen molar-refractivity contribution in [3.05, 3.63) is 59.7 Å². The van der Waals surface area contributed by atoms with Gasteiger partial charge in [-0.15, -0.1) is 0 Å². The van der Waals surface area contributed by atoms with Gasteiger partial charge in [-0.1, -0.05) is 45.7 Å². The number of hydrogen-bond acceptors (Lipinski definition) is 3. The molecule has 5 nitrogen and oxygen atoms in total. The van der Waals surface area contributed by atoms with Crippen molar-refractivity contribution in [3.8, 4) is 0 Å². The first-order valence-electron chi connectivity index (χ1n) is 9.34. The van der Waals surface area contributed by atoms with E-state index in [0.717, 1.165) is 24.8 Å². The van der Waals surface area contributed by atoms with Crippen LogP contribution < -0.4 is 10.0 Å². The molecule has 1 amide bonds. The van der Waals surface area contributed by atoms with Crippen LogP contribution in [0.15, 0.2) is 53.4 Å². The van der Waals surface area contributed by atoms with E-state index in [4.69, 9.17) is 0 Å². The summed E-state index contributed by atoms with van der Waals surface area (Å²) in [5, 5.41) is 2.84. The van der Waals surface area contributed by atoms with Crippen LogP contribution in [0.4, 0.5) is 5.69 Å². The van der Waals surface area contributed by atoms with Crippen molar-refractivity contribution < 1.29 is 13.2 Å². The fraction of sp³-hybridized carbons (Fsp3) is 0.381. The standard InChI is InChI=1S/C21H28N2O3S/c1-4-5-6-15-22-21(24)18-9-13-20(14-10-18)27(25,26)23-19-11-7-17(8-12-19)16(2)3/h7-14,16,23H,4-6,15H2,1-3H3,(H,22,24). The molecule has 2 rings (SSSR count). The molecule has 27 heavy (non-hydrogen) atoms. The molecule has 0 aliphatic heterocycles. The van der Waals surface area contributed by atoms with Crippen LogP contribution in [-0.4, -0.2) is 20.9 Å². The smallest absolute Gasteiger partial charge is 0.261 e. The summed E-state index contributed by atoms with van der Waals surface area (Å²) in [6.45, 7) is 6.90. The first kappa shape index (κ1) is 21.0. The number of carbonyl (C=O) groups excluding carboxylic acids is 1. The maximum absolute atomic E-state index is 12.5. The van der Waals surface area contributed by atoms with E-state index < -0.39 is 10.0 Å². The highest BCUT2D eigenvalue weighted by Crippen LogP contribution is 2.20. The average molecular weight is 389 g/mol. The van der Waals surface area contributed by atoms with E-state index in [1.807, 2.05) is 12.1 Å². The fourth-order valence-corrected chi connectivity index (χ4v) is 3.67. The molecule has 0 atom stereocenters. The van der Waals surface area contributed by atoms with Gasteiger partial charge in [-0.2, -0.15) is 0 Å². The van der Waals surface area contributed by atoms with Crippen LogP contribution in [0.25, 0.3) is 0 Å². The van der Waals surface area contributed by atoms with Gasteiger partial charge in [-0.05, 0) is 54.3 Å². The van der Waals surface area contributed by atoms with Crippen LogP contribution in [0.1, 0.15) is 61.9 Å². The molecule has 2 aromatic carbocycles. The number of sulfonamides is 1. The summed E-state index contributed by atoms with van der Waals surface area (Å²) in [7, 11) is -3.69. The van der Waals surface area contributed by atoms with E-state index >= 15 is 0 Å². The summed E-state index contributed by atoms with van der Waals surface area (Å²) in [5.41, 5.74) is 2.11. The molecule has 0 radical (unpaired) electrons. The van der Waals surface area contributed by atoms with Crippen molar-refractivity contribution in [2.75, 3.05) is 11.3 Å². The van der Waals surface area contributed by atoms with Gasteiger partial charge in [0, 0.05) is 17.8 Å². The Morgan fingerprint density at radius 2 is 1.59 bits per heavy atom. The van der Waals surface area contributed by atoms with E-state index in [0.29, 0.717) is 23.7 Å². The second-order valence-corrected chi connectivity index (χ2v) is 8.55. The Morgan fingerprint density at radius 1 is 0.963 bits per heavy atom. The van der Waals surface area contributed by atoms with Gasteiger partial charge in [-0.3, -0.25) is 9.52 Å². The Balaban J connectivity index is 2.02. The summed E-state index contributed by atoms with van der Waals surface area (Å²) in [6, 6.07) is 13.3. The predicted molar refractivity (Wildman–Crippen MR) is 110 cm³/mol. The van der Waals surface area contributed by atoms with E-state index in [1.165, 1.54) is 24.3 Å². The minimum atomic E-state index is -3.69. The van der Waals surface area contributed by atoms with Crippen molar-refractivity contribution >= 4 is 21.6 Å². The Hall–Kier alpha value is -2.34. The number of carbonyl (C=O) groups is 1. The van der Waals surface area contributed by atoms with Gasteiger partial charge in [0.25, 0.3) is 15.9 Å². The summed E-state index contributed by atoms with van der Waals surface area (Å²) < 4.78 is 27.6. The van der Waals surface area contributed by atoms with E-state index in [1.54, 1.807) is 12.1 Å². The van der Waals surface area contributed by atoms with Gasteiger partial charge in [0.05, 0.1) is 4.90 Å². The van der Waals surface area contributed by atoms with Crippen molar-refractivity contribution in [1.29, 1.82) is 0 Å². The molecule has 0 bridgehead atoms. The molecule has 146 valence electrons. The average Bonchev–Trinajstić information content (AvgIpc) is 2.65. The maximum Gasteiger partial charge on any atom is 0.261 e. The number of anilines is 1. The minimum absolute atomic E-state index is 0.123. The molecule has 0 heterocycles. The molecule has 0 aliphatic rings. The van der Waals surface area contributed by atoms with Gasteiger partial charge in [0.15, 0.2) is 0 Å². The molecule has 0 aliphatic carbocycles. The van der Waals surface area contributed by atoms with Gasteiger partial charge < -0.3 is 5.32 Å². The largest absolute Gasteiger partial charge is 0.352 e. The lowest BCUT2D eigenvalue weighted by Crippen LogP contribution is -2.24. The molecule has 2 aromatic rings. The highest BCUT2D eigenvalue weighted by Gasteiger charge is 2.15.